The maximum absolute atomic E-state index is 11.6. The van der Waals surface area contributed by atoms with Gasteiger partial charge in [0.25, 0.3) is 0 Å². The molecule has 0 aliphatic carbocycles. The van der Waals surface area contributed by atoms with Crippen LogP contribution in [0, 0.1) is 13.8 Å². The number of benzene rings is 2. The molecule has 0 aliphatic rings. The van der Waals surface area contributed by atoms with Crippen LogP contribution in [0.1, 0.15) is 50.3 Å². The number of carbonyl (C=O) groups is 1. The predicted octanol–water partition coefficient (Wildman–Crippen LogP) is 5.78. The van der Waals surface area contributed by atoms with Crippen LogP contribution in [0.2, 0.25) is 0 Å². The minimum atomic E-state index is 0.00747. The highest BCUT2D eigenvalue weighted by Crippen LogP contribution is 2.38. The molecule has 0 aromatic heterocycles. The lowest BCUT2D eigenvalue weighted by Crippen LogP contribution is -2.04. The molecule has 0 radical (unpaired) electrons. The summed E-state index contributed by atoms with van der Waals surface area (Å²) in [6.45, 7) is 11.9. The first-order valence-corrected chi connectivity index (χ1v) is 8.08. The van der Waals surface area contributed by atoms with Crippen molar-refractivity contribution in [3.05, 3.63) is 53.1 Å². The SMILES string of the molecule is CC(=O)C(C)=Nc1c(C)cc(C)cc1-c1ccccc1C(C)C. The van der Waals surface area contributed by atoms with Gasteiger partial charge in [0.05, 0.1) is 11.4 Å². The van der Waals surface area contributed by atoms with Crippen molar-refractivity contribution in [3.63, 3.8) is 0 Å². The van der Waals surface area contributed by atoms with E-state index in [0.717, 1.165) is 16.8 Å². The fourth-order valence-electron chi connectivity index (χ4n) is 2.81. The molecule has 0 atom stereocenters. The third kappa shape index (κ3) is 3.76. The van der Waals surface area contributed by atoms with Crippen molar-refractivity contribution in [2.24, 2.45) is 4.99 Å². The Morgan fingerprint density at radius 3 is 2.26 bits per heavy atom. The molecule has 120 valence electrons. The van der Waals surface area contributed by atoms with E-state index in [9.17, 15) is 4.79 Å². The lowest BCUT2D eigenvalue weighted by Gasteiger charge is -2.17. The van der Waals surface area contributed by atoms with Crippen molar-refractivity contribution in [2.45, 2.75) is 47.5 Å². The smallest absolute Gasteiger partial charge is 0.173 e. The van der Waals surface area contributed by atoms with Crippen molar-refractivity contribution < 1.29 is 4.79 Å². The van der Waals surface area contributed by atoms with Crippen LogP contribution in [0.15, 0.2) is 41.4 Å². The van der Waals surface area contributed by atoms with E-state index in [1.807, 2.05) is 0 Å². The molecule has 0 saturated carbocycles. The summed E-state index contributed by atoms with van der Waals surface area (Å²) in [5.41, 5.74) is 7.34. The molecule has 0 aliphatic heterocycles. The van der Waals surface area contributed by atoms with Gasteiger partial charge >= 0.3 is 0 Å². The van der Waals surface area contributed by atoms with Crippen LogP contribution in [-0.2, 0) is 4.79 Å². The number of Topliss-reactive ketones (excluding diaryl/α,β-unsaturated/α-hetero) is 1. The Morgan fingerprint density at radius 1 is 1.00 bits per heavy atom. The van der Waals surface area contributed by atoms with Gasteiger partial charge in [-0.1, -0.05) is 49.7 Å². The number of hydrogen-bond acceptors (Lipinski definition) is 2. The van der Waals surface area contributed by atoms with E-state index in [1.54, 1.807) is 13.8 Å². The van der Waals surface area contributed by atoms with Gasteiger partial charge in [0, 0.05) is 12.5 Å². The minimum Gasteiger partial charge on any atom is -0.293 e. The zero-order valence-electron chi connectivity index (χ0n) is 14.9. The number of aryl methyl sites for hydroxylation is 2. The largest absolute Gasteiger partial charge is 0.293 e. The molecular formula is C21H25NO. The molecule has 0 amide bonds. The van der Waals surface area contributed by atoms with Crippen molar-refractivity contribution in [1.82, 2.24) is 0 Å². The Labute approximate surface area is 139 Å². The number of nitrogens with zero attached hydrogens (tertiary/aromatic N) is 1. The Kier molecular flexibility index (Phi) is 5.15. The van der Waals surface area contributed by atoms with Crippen molar-refractivity contribution >= 4 is 17.2 Å². The second-order valence-corrected chi connectivity index (χ2v) is 6.47. The average Bonchev–Trinajstić information content (AvgIpc) is 2.49. The van der Waals surface area contributed by atoms with Gasteiger partial charge in [-0.25, -0.2) is 4.99 Å². The Hall–Kier alpha value is -2.22. The van der Waals surface area contributed by atoms with E-state index >= 15 is 0 Å². The number of ketones is 1. The molecule has 0 N–H and O–H groups in total. The van der Waals surface area contributed by atoms with Gasteiger partial charge in [0.15, 0.2) is 5.78 Å². The molecule has 0 saturated heterocycles. The summed E-state index contributed by atoms with van der Waals surface area (Å²) < 4.78 is 0. The summed E-state index contributed by atoms with van der Waals surface area (Å²) in [6.07, 6.45) is 0. The molecule has 0 spiro atoms. The molecule has 2 aromatic rings. The highest BCUT2D eigenvalue weighted by Gasteiger charge is 2.14. The van der Waals surface area contributed by atoms with Gasteiger partial charge in [-0.15, -0.1) is 0 Å². The zero-order valence-corrected chi connectivity index (χ0v) is 14.9. The molecule has 0 bridgehead atoms. The van der Waals surface area contributed by atoms with Gasteiger partial charge in [0.2, 0.25) is 0 Å². The van der Waals surface area contributed by atoms with Gasteiger partial charge in [-0.2, -0.15) is 0 Å². The quantitative estimate of drug-likeness (QED) is 0.659. The summed E-state index contributed by atoms with van der Waals surface area (Å²) in [6, 6.07) is 12.7. The molecule has 0 fully saturated rings. The number of aliphatic imine (C=N–C) groups is 1. The fraction of sp³-hybridized carbons (Fsp3) is 0.333. The normalized spacial score (nSPS) is 11.9. The monoisotopic (exact) mass is 307 g/mol. The van der Waals surface area contributed by atoms with E-state index in [4.69, 9.17) is 0 Å². The standard InChI is InChI=1S/C21H25NO/c1-13(2)18-9-7-8-10-19(18)20-12-14(3)11-15(4)21(20)22-16(5)17(6)23/h7-13H,1-6H3. The third-order valence-corrected chi connectivity index (χ3v) is 4.11. The summed E-state index contributed by atoms with van der Waals surface area (Å²) >= 11 is 0. The zero-order chi connectivity index (χ0) is 17.1. The highest BCUT2D eigenvalue weighted by atomic mass is 16.1. The molecule has 0 unspecified atom stereocenters. The Morgan fingerprint density at radius 2 is 1.65 bits per heavy atom. The van der Waals surface area contributed by atoms with Crippen LogP contribution < -0.4 is 0 Å². The number of carbonyl (C=O) groups excluding carboxylic acids is 1. The second-order valence-electron chi connectivity index (χ2n) is 6.47. The average molecular weight is 307 g/mol. The second kappa shape index (κ2) is 6.91. The van der Waals surface area contributed by atoms with Gasteiger partial charge in [-0.05, 0) is 49.4 Å². The van der Waals surface area contributed by atoms with E-state index in [-0.39, 0.29) is 5.78 Å². The predicted molar refractivity (Wildman–Crippen MR) is 98.9 cm³/mol. The van der Waals surface area contributed by atoms with Gasteiger partial charge in [0.1, 0.15) is 0 Å². The molecule has 2 nitrogen and oxygen atoms in total. The topological polar surface area (TPSA) is 29.4 Å². The van der Waals surface area contributed by atoms with Crippen LogP contribution >= 0.6 is 0 Å². The molecule has 23 heavy (non-hydrogen) atoms. The first-order valence-electron chi connectivity index (χ1n) is 8.08. The van der Waals surface area contributed by atoms with Crippen LogP contribution in [0.25, 0.3) is 11.1 Å². The van der Waals surface area contributed by atoms with E-state index in [1.165, 1.54) is 16.7 Å². The van der Waals surface area contributed by atoms with E-state index < -0.39 is 0 Å². The maximum atomic E-state index is 11.6. The first kappa shape index (κ1) is 17.1. The van der Waals surface area contributed by atoms with Crippen molar-refractivity contribution in [2.75, 3.05) is 0 Å². The molecule has 2 aromatic carbocycles. The molecule has 0 heterocycles. The number of rotatable bonds is 4. The van der Waals surface area contributed by atoms with Crippen LogP contribution in [0.4, 0.5) is 5.69 Å². The Balaban J connectivity index is 2.77. The van der Waals surface area contributed by atoms with Crippen molar-refractivity contribution in [1.29, 1.82) is 0 Å². The first-order chi connectivity index (χ1) is 10.8. The van der Waals surface area contributed by atoms with Crippen LogP contribution in [-0.4, -0.2) is 11.5 Å². The molecule has 2 rings (SSSR count). The third-order valence-electron chi connectivity index (χ3n) is 4.11. The number of hydrogen-bond donors (Lipinski definition) is 0. The Bertz CT molecular complexity index is 769. The summed E-state index contributed by atoms with van der Waals surface area (Å²) in [4.78, 5) is 16.3. The lowest BCUT2D eigenvalue weighted by atomic mass is 9.90. The molecular weight excluding hydrogens is 282 g/mol. The summed E-state index contributed by atoms with van der Waals surface area (Å²) in [5, 5.41) is 0. The fourth-order valence-corrected chi connectivity index (χ4v) is 2.81. The van der Waals surface area contributed by atoms with Gasteiger partial charge in [-0.3, -0.25) is 4.79 Å². The van der Waals surface area contributed by atoms with Crippen molar-refractivity contribution in [3.8, 4) is 11.1 Å². The summed E-state index contributed by atoms with van der Waals surface area (Å²) in [5.74, 6) is 0.436. The maximum Gasteiger partial charge on any atom is 0.173 e. The molecule has 2 heteroatoms. The van der Waals surface area contributed by atoms with Gasteiger partial charge < -0.3 is 0 Å². The highest BCUT2D eigenvalue weighted by molar-refractivity contribution is 6.38. The van der Waals surface area contributed by atoms with E-state index in [0.29, 0.717) is 11.6 Å². The lowest BCUT2D eigenvalue weighted by molar-refractivity contribution is -0.111. The summed E-state index contributed by atoms with van der Waals surface area (Å²) in [7, 11) is 0. The van der Waals surface area contributed by atoms with Crippen LogP contribution in [0.5, 0.6) is 0 Å². The van der Waals surface area contributed by atoms with Crippen LogP contribution in [0.3, 0.4) is 0 Å². The minimum absolute atomic E-state index is 0.00747. The van der Waals surface area contributed by atoms with E-state index in [2.05, 4.69) is 69.1 Å².